The molecule has 16 heteroatoms. The number of aromatic nitrogens is 4. The summed E-state index contributed by atoms with van der Waals surface area (Å²) in [5, 5.41) is 12.3. The third kappa shape index (κ3) is 6.08. The number of nitrogens with zero attached hydrogens (tertiary/aromatic N) is 7. The van der Waals surface area contributed by atoms with Crippen LogP contribution in [0.3, 0.4) is 0 Å². The van der Waals surface area contributed by atoms with Crippen LogP contribution in [0.5, 0.6) is 0 Å². The van der Waals surface area contributed by atoms with E-state index in [4.69, 9.17) is 16.0 Å². The van der Waals surface area contributed by atoms with Crippen LogP contribution in [0.4, 0.5) is 14.5 Å². The molecule has 1 saturated carbocycles. The molecule has 3 aromatic rings. The Morgan fingerprint density at radius 2 is 2.05 bits per heavy atom. The first-order valence-electron chi connectivity index (χ1n) is 13.7. The van der Waals surface area contributed by atoms with Gasteiger partial charge in [-0.25, -0.2) is 23.8 Å². The standard InChI is InChI=1S/C26H35F2N7O4S2Si/c1-17-15-34(9-10-39-17)20-14-18(13-19-21(32-33(3)22(19)20)24-30-31-25(40-24)23(27)28)41(36,37)35(26(29-2)7-8-26)16-38-11-12-42(4,5)6/h13-14,17,23H,7-12,15-16H2,1,3-6H3/t17-/m1/s1. The lowest BCUT2D eigenvalue weighted by Crippen LogP contribution is -2.43. The third-order valence-corrected chi connectivity index (χ3v) is 12.0. The minimum atomic E-state index is -4.23. The number of hydrogen-bond acceptors (Lipinski definition) is 9. The zero-order valence-electron chi connectivity index (χ0n) is 24.3. The number of alkyl halides is 2. The van der Waals surface area contributed by atoms with Crippen molar-refractivity contribution in [1.29, 1.82) is 0 Å². The summed E-state index contributed by atoms with van der Waals surface area (Å²) in [7, 11) is -3.93. The fourth-order valence-corrected chi connectivity index (χ4v) is 8.09. The van der Waals surface area contributed by atoms with Gasteiger partial charge < -0.3 is 14.4 Å². The highest BCUT2D eigenvalue weighted by Gasteiger charge is 2.61. The van der Waals surface area contributed by atoms with Crippen molar-refractivity contribution >= 4 is 46.0 Å². The monoisotopic (exact) mass is 639 g/mol. The number of fused-ring (bicyclic) bond motifs is 1. The van der Waals surface area contributed by atoms with Gasteiger partial charge in [-0.3, -0.25) is 9.53 Å². The zero-order chi connectivity index (χ0) is 30.4. The van der Waals surface area contributed by atoms with Crippen molar-refractivity contribution in [1.82, 2.24) is 24.3 Å². The van der Waals surface area contributed by atoms with Crippen LogP contribution in [-0.2, 0) is 26.5 Å². The molecular weight excluding hydrogens is 605 g/mol. The molecular formula is C26H35F2N7O4S2Si. The second-order valence-corrected chi connectivity index (χ2v) is 20.5. The lowest BCUT2D eigenvalue weighted by molar-refractivity contribution is 0.0533. The van der Waals surface area contributed by atoms with Gasteiger partial charge in [0.25, 0.3) is 16.4 Å². The fraction of sp³-hybridized carbons (Fsp3) is 0.615. The maximum Gasteiger partial charge on any atom is 0.303 e. The first-order valence-corrected chi connectivity index (χ1v) is 19.7. The highest BCUT2D eigenvalue weighted by molar-refractivity contribution is 7.89. The molecule has 2 aliphatic rings. The normalized spacial score (nSPS) is 19.1. The summed E-state index contributed by atoms with van der Waals surface area (Å²) in [5.41, 5.74) is 0.328. The Kier molecular flexibility index (Phi) is 8.46. The molecule has 11 nitrogen and oxygen atoms in total. The van der Waals surface area contributed by atoms with Gasteiger partial charge in [0, 0.05) is 40.2 Å². The van der Waals surface area contributed by atoms with E-state index in [0.29, 0.717) is 55.7 Å². The van der Waals surface area contributed by atoms with Crippen LogP contribution in [0.15, 0.2) is 17.0 Å². The summed E-state index contributed by atoms with van der Waals surface area (Å²) in [4.78, 5) is 5.74. The molecule has 0 N–H and O–H groups in total. The van der Waals surface area contributed by atoms with Crippen molar-refractivity contribution in [2.75, 3.05) is 37.9 Å². The Balaban J connectivity index is 1.64. The van der Waals surface area contributed by atoms with Gasteiger partial charge in [0.15, 0.2) is 10.0 Å². The van der Waals surface area contributed by atoms with Crippen molar-refractivity contribution in [3.05, 3.63) is 28.6 Å². The third-order valence-electron chi connectivity index (χ3n) is 7.47. The molecule has 1 atom stereocenters. The molecule has 0 spiro atoms. The SMILES string of the molecule is [C-]#[N+]C1(N(COCC[Si](C)(C)C)S(=O)(=O)c2cc(N3CCO[C@H](C)C3)c3c(c2)c(-c2nnc(C(F)F)s2)nn3C)CC1. The molecule has 2 aromatic heterocycles. The van der Waals surface area contributed by atoms with Crippen LogP contribution < -0.4 is 4.90 Å². The van der Waals surface area contributed by atoms with E-state index in [0.717, 1.165) is 17.4 Å². The van der Waals surface area contributed by atoms with Crippen LogP contribution >= 0.6 is 11.3 Å². The maximum absolute atomic E-state index is 14.4. The van der Waals surface area contributed by atoms with Gasteiger partial charge >= 0.3 is 5.66 Å². The van der Waals surface area contributed by atoms with Gasteiger partial charge in [-0.2, -0.15) is 5.10 Å². The summed E-state index contributed by atoms with van der Waals surface area (Å²) in [5.74, 6) is 0. The van der Waals surface area contributed by atoms with Gasteiger partial charge in [-0.1, -0.05) is 35.3 Å². The Morgan fingerprint density at radius 1 is 1.31 bits per heavy atom. The van der Waals surface area contributed by atoms with E-state index >= 15 is 0 Å². The van der Waals surface area contributed by atoms with E-state index in [1.54, 1.807) is 17.8 Å². The number of benzene rings is 1. The van der Waals surface area contributed by atoms with E-state index in [1.165, 1.54) is 10.4 Å². The Bertz CT molecular complexity index is 1610. The zero-order valence-corrected chi connectivity index (χ0v) is 26.9. The van der Waals surface area contributed by atoms with Crippen LogP contribution in [0.1, 0.15) is 31.2 Å². The van der Waals surface area contributed by atoms with Crippen LogP contribution in [0.25, 0.3) is 26.4 Å². The number of anilines is 1. The van der Waals surface area contributed by atoms with Crippen molar-refractivity contribution in [3.8, 4) is 10.7 Å². The number of morpholine rings is 1. The highest BCUT2D eigenvalue weighted by atomic mass is 32.2. The number of sulfonamides is 1. The Labute approximate surface area is 249 Å². The van der Waals surface area contributed by atoms with E-state index in [1.807, 2.05) is 11.8 Å². The van der Waals surface area contributed by atoms with E-state index in [2.05, 4.69) is 39.8 Å². The second-order valence-electron chi connectivity index (χ2n) is 12.0. The van der Waals surface area contributed by atoms with Crippen LogP contribution in [0.2, 0.25) is 25.7 Å². The van der Waals surface area contributed by atoms with E-state index in [-0.39, 0.29) is 28.4 Å². The predicted octanol–water partition coefficient (Wildman–Crippen LogP) is 4.97. The lowest BCUT2D eigenvalue weighted by atomic mass is 10.1. The largest absolute Gasteiger partial charge is 0.375 e. The van der Waals surface area contributed by atoms with Crippen molar-refractivity contribution in [2.24, 2.45) is 7.05 Å². The van der Waals surface area contributed by atoms with Crippen molar-refractivity contribution < 1.29 is 26.7 Å². The first-order chi connectivity index (χ1) is 19.8. The van der Waals surface area contributed by atoms with Gasteiger partial charge in [-0.05, 0) is 25.1 Å². The number of hydrogen-bond donors (Lipinski definition) is 0. The van der Waals surface area contributed by atoms with Crippen LogP contribution in [0, 0.1) is 6.57 Å². The summed E-state index contributed by atoms with van der Waals surface area (Å²) in [6, 6.07) is 3.97. The molecule has 42 heavy (non-hydrogen) atoms. The summed E-state index contributed by atoms with van der Waals surface area (Å²) < 4.78 is 69.9. The van der Waals surface area contributed by atoms with E-state index < -0.39 is 35.2 Å². The summed E-state index contributed by atoms with van der Waals surface area (Å²) >= 11 is 0.719. The number of ether oxygens (including phenoxy) is 2. The molecule has 3 heterocycles. The Morgan fingerprint density at radius 3 is 2.64 bits per heavy atom. The number of aryl methyl sites for hydroxylation is 1. The molecule has 1 aliphatic heterocycles. The second kappa shape index (κ2) is 11.5. The van der Waals surface area contributed by atoms with E-state index in [9.17, 15) is 17.2 Å². The molecule has 2 fully saturated rings. The number of rotatable bonds is 11. The van der Waals surface area contributed by atoms with Gasteiger partial charge in [0.1, 0.15) is 12.4 Å². The number of halogens is 2. The summed E-state index contributed by atoms with van der Waals surface area (Å²) in [6.07, 6.45) is -2.04. The molecule has 228 valence electrons. The van der Waals surface area contributed by atoms with Crippen molar-refractivity contribution in [3.63, 3.8) is 0 Å². The quantitative estimate of drug-likeness (QED) is 0.125. The minimum absolute atomic E-state index is 0.0271. The Hall–Kier alpha value is -2.55. The van der Waals surface area contributed by atoms with Gasteiger partial charge in [0.2, 0.25) is 0 Å². The average molecular weight is 640 g/mol. The molecule has 0 unspecified atom stereocenters. The average Bonchev–Trinajstić information content (AvgIpc) is 3.40. The first kappa shape index (κ1) is 30.9. The lowest BCUT2D eigenvalue weighted by Gasteiger charge is -2.34. The predicted molar refractivity (Wildman–Crippen MR) is 159 cm³/mol. The molecule has 0 amide bonds. The molecule has 5 rings (SSSR count). The van der Waals surface area contributed by atoms with Crippen LogP contribution in [-0.4, -0.2) is 85.6 Å². The van der Waals surface area contributed by atoms with Gasteiger partial charge in [0.05, 0.1) is 41.7 Å². The molecule has 0 radical (unpaired) electrons. The molecule has 1 aliphatic carbocycles. The molecule has 1 aromatic carbocycles. The fourth-order valence-electron chi connectivity index (χ4n) is 4.97. The molecule has 0 bridgehead atoms. The topological polar surface area (TPSA) is 107 Å². The summed E-state index contributed by atoms with van der Waals surface area (Å²) in [6.45, 7) is 18.1. The smallest absolute Gasteiger partial charge is 0.303 e. The molecule has 1 saturated heterocycles. The van der Waals surface area contributed by atoms with Gasteiger partial charge in [-0.15, -0.1) is 10.2 Å². The maximum atomic E-state index is 14.4. The van der Waals surface area contributed by atoms with Crippen molar-refractivity contribution in [2.45, 2.75) is 68.5 Å². The minimum Gasteiger partial charge on any atom is -0.375 e. The highest BCUT2D eigenvalue weighted by Crippen LogP contribution is 2.47.